The number of imide groups is 1. The lowest BCUT2D eigenvalue weighted by Gasteiger charge is -2.27. The molecule has 0 saturated heterocycles. The molecule has 0 spiro atoms. The minimum Gasteiger partial charge on any atom is -0.454 e. The molecule has 0 fully saturated rings. The van der Waals surface area contributed by atoms with Crippen molar-refractivity contribution in [2.24, 2.45) is 5.92 Å². The molecule has 0 unspecified atom stereocenters. The van der Waals surface area contributed by atoms with Gasteiger partial charge >= 0.3 is 5.97 Å². The van der Waals surface area contributed by atoms with E-state index in [9.17, 15) is 19.2 Å². The van der Waals surface area contributed by atoms with Gasteiger partial charge in [-0.2, -0.15) is 0 Å². The predicted octanol–water partition coefficient (Wildman–Crippen LogP) is 3.61. The van der Waals surface area contributed by atoms with Crippen LogP contribution < -0.4 is 5.32 Å². The van der Waals surface area contributed by atoms with Crippen molar-refractivity contribution in [3.8, 4) is 0 Å². The van der Waals surface area contributed by atoms with Crippen molar-refractivity contribution < 1.29 is 23.9 Å². The summed E-state index contributed by atoms with van der Waals surface area (Å²) in [6.07, 6.45) is 0. The molecule has 7 heteroatoms. The number of carbonyl (C=O) groups is 4. The van der Waals surface area contributed by atoms with Gasteiger partial charge < -0.3 is 10.1 Å². The zero-order chi connectivity index (χ0) is 22.7. The first kappa shape index (κ1) is 22.2. The Labute approximate surface area is 181 Å². The van der Waals surface area contributed by atoms with Crippen molar-refractivity contribution in [3.63, 3.8) is 0 Å². The molecule has 0 radical (unpaired) electrons. The average molecular weight is 422 g/mol. The van der Waals surface area contributed by atoms with Crippen molar-refractivity contribution in [2.45, 2.75) is 39.7 Å². The van der Waals surface area contributed by atoms with Gasteiger partial charge in [0, 0.05) is 5.69 Å². The second-order valence-electron chi connectivity index (χ2n) is 8.15. The number of hydrogen-bond acceptors (Lipinski definition) is 5. The van der Waals surface area contributed by atoms with Gasteiger partial charge in [-0.3, -0.25) is 19.3 Å². The van der Waals surface area contributed by atoms with Crippen molar-refractivity contribution in [2.75, 3.05) is 11.9 Å². The van der Waals surface area contributed by atoms with Crippen LogP contribution in [0.4, 0.5) is 5.69 Å². The molecule has 2 aromatic rings. The number of anilines is 1. The third kappa shape index (κ3) is 4.66. The van der Waals surface area contributed by atoms with Crippen molar-refractivity contribution in [3.05, 3.63) is 65.2 Å². The van der Waals surface area contributed by atoms with Gasteiger partial charge in [0.25, 0.3) is 17.7 Å². The Balaban J connectivity index is 1.64. The van der Waals surface area contributed by atoms with Crippen LogP contribution in [0.3, 0.4) is 0 Å². The number of fused-ring (bicyclic) bond motifs is 1. The maximum Gasteiger partial charge on any atom is 0.330 e. The summed E-state index contributed by atoms with van der Waals surface area (Å²) in [6, 6.07) is 12.7. The van der Waals surface area contributed by atoms with E-state index < -0.39 is 36.3 Å². The molecule has 3 rings (SSSR count). The summed E-state index contributed by atoms with van der Waals surface area (Å²) in [7, 11) is 0. The number of carbonyl (C=O) groups excluding carboxylic acids is 4. The van der Waals surface area contributed by atoms with Crippen LogP contribution >= 0.6 is 0 Å². The summed E-state index contributed by atoms with van der Waals surface area (Å²) in [5.41, 5.74) is 2.25. The molecular weight excluding hydrogens is 396 g/mol. The largest absolute Gasteiger partial charge is 0.454 e. The summed E-state index contributed by atoms with van der Waals surface area (Å²) in [5, 5.41) is 2.67. The van der Waals surface area contributed by atoms with E-state index in [0.29, 0.717) is 11.6 Å². The van der Waals surface area contributed by atoms with E-state index in [1.807, 2.05) is 12.1 Å². The van der Waals surface area contributed by atoms with E-state index in [0.717, 1.165) is 10.5 Å². The van der Waals surface area contributed by atoms with E-state index >= 15 is 0 Å². The quantitative estimate of drug-likeness (QED) is 0.544. The number of nitrogens with zero attached hydrogens (tertiary/aromatic N) is 1. The summed E-state index contributed by atoms with van der Waals surface area (Å²) in [6.45, 7) is 7.06. The molecule has 3 amide bonds. The fourth-order valence-corrected chi connectivity index (χ4v) is 3.51. The highest BCUT2D eigenvalue weighted by Crippen LogP contribution is 2.27. The second-order valence-corrected chi connectivity index (χ2v) is 8.15. The Morgan fingerprint density at radius 2 is 1.45 bits per heavy atom. The number of nitrogens with one attached hydrogen (secondary N) is 1. The van der Waals surface area contributed by atoms with Gasteiger partial charge in [-0.05, 0) is 41.7 Å². The minimum atomic E-state index is -1.12. The zero-order valence-electron chi connectivity index (χ0n) is 18.0. The summed E-state index contributed by atoms with van der Waals surface area (Å²) in [4.78, 5) is 51.4. The molecule has 162 valence electrons. The van der Waals surface area contributed by atoms with E-state index in [-0.39, 0.29) is 17.0 Å². The van der Waals surface area contributed by atoms with E-state index in [2.05, 4.69) is 19.2 Å². The standard InChI is InChI=1S/C24H26N2O5/c1-14(2)16-9-11-17(12-10-16)25-20(27)13-31-24(30)21(15(3)4)26-22(28)18-7-5-6-8-19(18)23(26)29/h5-12,14-15,21H,13H2,1-4H3,(H,25,27)/t21-/m0/s1. The van der Waals surface area contributed by atoms with Gasteiger partial charge in [0.1, 0.15) is 6.04 Å². The van der Waals surface area contributed by atoms with Gasteiger partial charge in [-0.25, -0.2) is 4.79 Å². The smallest absolute Gasteiger partial charge is 0.330 e. The first-order valence-corrected chi connectivity index (χ1v) is 10.2. The van der Waals surface area contributed by atoms with Crippen LogP contribution in [0.25, 0.3) is 0 Å². The van der Waals surface area contributed by atoms with Crippen LogP contribution in [-0.4, -0.2) is 41.2 Å². The lowest BCUT2D eigenvalue weighted by molar-refractivity contribution is -0.152. The molecule has 1 aliphatic rings. The first-order chi connectivity index (χ1) is 14.7. The van der Waals surface area contributed by atoms with Gasteiger partial charge in [-0.15, -0.1) is 0 Å². The lowest BCUT2D eigenvalue weighted by atomic mass is 10.0. The SMILES string of the molecule is CC(C)c1ccc(NC(=O)COC(=O)[C@H](C(C)C)N2C(=O)c3ccccc3C2=O)cc1. The summed E-state index contributed by atoms with van der Waals surface area (Å²) in [5.74, 6) is -2.38. The van der Waals surface area contributed by atoms with Crippen LogP contribution in [0.15, 0.2) is 48.5 Å². The lowest BCUT2D eigenvalue weighted by Crippen LogP contribution is -2.49. The zero-order valence-corrected chi connectivity index (χ0v) is 18.0. The minimum absolute atomic E-state index is 0.258. The van der Waals surface area contributed by atoms with E-state index in [1.54, 1.807) is 50.2 Å². The van der Waals surface area contributed by atoms with Gasteiger partial charge in [0.2, 0.25) is 0 Å². The van der Waals surface area contributed by atoms with Gasteiger partial charge in [0.15, 0.2) is 6.61 Å². The average Bonchev–Trinajstić information content (AvgIpc) is 2.98. The highest BCUT2D eigenvalue weighted by atomic mass is 16.5. The fraction of sp³-hybridized carbons (Fsp3) is 0.333. The maximum absolute atomic E-state index is 12.7. The van der Waals surface area contributed by atoms with Gasteiger partial charge in [-0.1, -0.05) is 52.0 Å². The number of esters is 1. The van der Waals surface area contributed by atoms with Crippen LogP contribution in [-0.2, 0) is 14.3 Å². The van der Waals surface area contributed by atoms with Crippen LogP contribution in [0.5, 0.6) is 0 Å². The maximum atomic E-state index is 12.7. The predicted molar refractivity (Wildman–Crippen MR) is 116 cm³/mol. The molecular formula is C24H26N2O5. The molecule has 31 heavy (non-hydrogen) atoms. The van der Waals surface area contributed by atoms with Crippen molar-refractivity contribution in [1.82, 2.24) is 4.90 Å². The Bertz CT molecular complexity index is 976. The molecule has 1 heterocycles. The summed E-state index contributed by atoms with van der Waals surface area (Å²) < 4.78 is 5.17. The molecule has 2 aromatic carbocycles. The molecule has 7 nitrogen and oxygen atoms in total. The van der Waals surface area contributed by atoms with Crippen molar-refractivity contribution in [1.29, 1.82) is 0 Å². The Morgan fingerprint density at radius 1 is 0.903 bits per heavy atom. The topological polar surface area (TPSA) is 92.8 Å². The third-order valence-electron chi connectivity index (χ3n) is 5.18. The molecule has 0 saturated carbocycles. The second kappa shape index (κ2) is 9.12. The molecule has 1 atom stereocenters. The van der Waals surface area contributed by atoms with Crippen LogP contribution in [0.2, 0.25) is 0 Å². The van der Waals surface area contributed by atoms with E-state index in [4.69, 9.17) is 4.74 Å². The highest BCUT2D eigenvalue weighted by Gasteiger charge is 2.44. The van der Waals surface area contributed by atoms with Crippen LogP contribution in [0, 0.1) is 5.92 Å². The normalized spacial score (nSPS) is 14.1. The molecule has 0 aromatic heterocycles. The number of benzene rings is 2. The monoisotopic (exact) mass is 422 g/mol. The molecule has 1 N–H and O–H groups in total. The number of amides is 3. The van der Waals surface area contributed by atoms with E-state index in [1.165, 1.54) is 0 Å². The molecule has 0 bridgehead atoms. The summed E-state index contributed by atoms with van der Waals surface area (Å²) >= 11 is 0. The number of ether oxygens (including phenoxy) is 1. The highest BCUT2D eigenvalue weighted by molar-refractivity contribution is 6.22. The van der Waals surface area contributed by atoms with Crippen LogP contribution in [0.1, 0.15) is 59.9 Å². The first-order valence-electron chi connectivity index (χ1n) is 10.2. The Morgan fingerprint density at radius 3 is 1.94 bits per heavy atom. The van der Waals surface area contributed by atoms with Gasteiger partial charge in [0.05, 0.1) is 11.1 Å². The fourth-order valence-electron chi connectivity index (χ4n) is 3.51. The third-order valence-corrected chi connectivity index (χ3v) is 5.18. The molecule has 0 aliphatic carbocycles. The number of rotatable bonds is 7. The Kier molecular flexibility index (Phi) is 6.53. The molecule has 1 aliphatic heterocycles. The number of hydrogen-bond donors (Lipinski definition) is 1. The Hall–Kier alpha value is -3.48. The van der Waals surface area contributed by atoms with Crippen molar-refractivity contribution >= 4 is 29.4 Å².